The number of aryl methyl sites for hydroxylation is 1. The van der Waals surface area contributed by atoms with Crippen molar-refractivity contribution in [3.8, 4) is 11.3 Å². The first-order valence-corrected chi connectivity index (χ1v) is 13.2. The summed E-state index contributed by atoms with van der Waals surface area (Å²) in [5, 5.41) is 18.2. The molecule has 1 fully saturated rings. The van der Waals surface area contributed by atoms with Crippen molar-refractivity contribution < 1.29 is 4.79 Å². The Labute approximate surface area is 209 Å². The van der Waals surface area contributed by atoms with Crippen molar-refractivity contribution in [2.75, 3.05) is 5.32 Å². The molecule has 1 aliphatic rings. The third-order valence-electron chi connectivity index (χ3n) is 7.00. The number of hydrogen-bond acceptors (Lipinski definition) is 7. The molecule has 1 aliphatic carbocycles. The summed E-state index contributed by atoms with van der Waals surface area (Å²) in [6, 6.07) is 8.29. The fourth-order valence-corrected chi connectivity index (χ4v) is 5.39. The number of anilines is 1. The van der Waals surface area contributed by atoms with Crippen molar-refractivity contribution in [3.05, 3.63) is 53.2 Å². The zero-order chi connectivity index (χ0) is 24.2. The fourth-order valence-electron chi connectivity index (χ4n) is 4.93. The highest BCUT2D eigenvalue weighted by Gasteiger charge is 2.24. The summed E-state index contributed by atoms with van der Waals surface area (Å²) in [6.07, 6.45) is 9.84. The van der Waals surface area contributed by atoms with Gasteiger partial charge in [0.05, 0.1) is 22.8 Å². The molecule has 3 aromatic heterocycles. The molecule has 1 aromatic carbocycles. The maximum absolute atomic E-state index is 13.3. The van der Waals surface area contributed by atoms with Gasteiger partial charge in [-0.3, -0.25) is 4.79 Å². The average molecular weight is 490 g/mol. The lowest BCUT2D eigenvalue weighted by Gasteiger charge is -2.29. The molecule has 9 heteroatoms. The molecule has 0 radical (unpaired) electrons. The van der Waals surface area contributed by atoms with Gasteiger partial charge in [0.15, 0.2) is 5.65 Å². The number of rotatable bonds is 8. The first kappa shape index (κ1) is 23.4. The summed E-state index contributed by atoms with van der Waals surface area (Å²) < 4.78 is 5.79. The minimum Gasteiger partial charge on any atom is -0.381 e. The number of benzene rings is 1. The van der Waals surface area contributed by atoms with Crippen molar-refractivity contribution >= 4 is 34.2 Å². The average Bonchev–Trinajstić information content (AvgIpc) is 3.59. The summed E-state index contributed by atoms with van der Waals surface area (Å²) in [6.45, 7) is 5.43. The van der Waals surface area contributed by atoms with Crippen molar-refractivity contribution in [1.29, 1.82) is 0 Å². The predicted molar refractivity (Wildman–Crippen MR) is 139 cm³/mol. The van der Waals surface area contributed by atoms with Crippen LogP contribution < -0.4 is 10.6 Å². The minimum atomic E-state index is -0.144. The van der Waals surface area contributed by atoms with Crippen LogP contribution in [-0.2, 0) is 13.1 Å². The SMILES string of the molecule is CCn1ncc2c(NC(C)C3CCCCC3)c(C(=O)NCc3ccc(-c4csnn4)cc3)cnc21. The number of aromatic nitrogens is 5. The standard InChI is InChI=1S/C26H31N7OS/c1-3-33-25-21(15-29-33)24(30-17(2)19-7-5-4-6-8-19)22(14-27-25)26(34)28-13-18-9-11-20(12-10-18)23-16-35-32-31-23/h9-12,14-17,19H,3-8,13H2,1-2H3,(H,27,30)(H,28,34). The van der Waals surface area contributed by atoms with Crippen molar-refractivity contribution in [1.82, 2.24) is 29.7 Å². The Kier molecular flexibility index (Phi) is 7.03. The van der Waals surface area contributed by atoms with Gasteiger partial charge in [0.25, 0.3) is 5.91 Å². The highest BCUT2D eigenvalue weighted by atomic mass is 32.1. The molecule has 3 heterocycles. The molecule has 4 aromatic rings. The van der Waals surface area contributed by atoms with Crippen LogP contribution in [0.2, 0.25) is 0 Å². The van der Waals surface area contributed by atoms with E-state index in [4.69, 9.17) is 0 Å². The lowest BCUT2D eigenvalue weighted by molar-refractivity contribution is 0.0951. The topological polar surface area (TPSA) is 97.6 Å². The molecule has 0 saturated heterocycles. The number of nitrogens with one attached hydrogen (secondary N) is 2. The van der Waals surface area contributed by atoms with E-state index in [9.17, 15) is 4.79 Å². The Morgan fingerprint density at radius 3 is 2.69 bits per heavy atom. The fraction of sp³-hybridized carbons (Fsp3) is 0.423. The first-order valence-electron chi connectivity index (χ1n) is 12.4. The number of amides is 1. The van der Waals surface area contributed by atoms with Crippen LogP contribution >= 0.6 is 11.5 Å². The van der Waals surface area contributed by atoms with E-state index >= 15 is 0 Å². The molecule has 1 saturated carbocycles. The Bertz CT molecular complexity index is 1280. The molecule has 1 atom stereocenters. The highest BCUT2D eigenvalue weighted by Crippen LogP contribution is 2.32. The van der Waals surface area contributed by atoms with Gasteiger partial charge in [-0.25, -0.2) is 9.67 Å². The van der Waals surface area contributed by atoms with Crippen LogP contribution in [0.3, 0.4) is 0 Å². The molecule has 1 amide bonds. The van der Waals surface area contributed by atoms with Gasteiger partial charge in [-0.15, -0.1) is 5.10 Å². The quantitative estimate of drug-likeness (QED) is 0.349. The molecule has 35 heavy (non-hydrogen) atoms. The molecule has 0 spiro atoms. The second-order valence-corrected chi connectivity index (χ2v) is 9.86. The van der Waals surface area contributed by atoms with Crippen LogP contribution in [0.4, 0.5) is 5.69 Å². The van der Waals surface area contributed by atoms with Crippen molar-refractivity contribution in [2.24, 2.45) is 5.92 Å². The third-order valence-corrected chi connectivity index (χ3v) is 7.51. The van der Waals surface area contributed by atoms with Crippen LogP contribution in [0.15, 0.2) is 42.0 Å². The monoisotopic (exact) mass is 489 g/mol. The molecule has 182 valence electrons. The van der Waals surface area contributed by atoms with E-state index in [1.807, 2.05) is 47.4 Å². The Balaban J connectivity index is 1.36. The van der Waals surface area contributed by atoms with Gasteiger partial charge in [-0.1, -0.05) is 48.0 Å². The molecule has 8 nitrogen and oxygen atoms in total. The van der Waals surface area contributed by atoms with E-state index in [-0.39, 0.29) is 11.9 Å². The number of carbonyl (C=O) groups excluding carboxylic acids is 1. The smallest absolute Gasteiger partial charge is 0.255 e. The summed E-state index contributed by atoms with van der Waals surface area (Å²) in [5.74, 6) is 0.463. The van der Waals surface area contributed by atoms with E-state index in [2.05, 4.69) is 37.2 Å². The molecule has 1 unspecified atom stereocenters. The lowest BCUT2D eigenvalue weighted by atomic mass is 9.84. The number of nitrogens with zero attached hydrogens (tertiary/aromatic N) is 5. The van der Waals surface area contributed by atoms with E-state index in [1.165, 1.54) is 43.6 Å². The summed E-state index contributed by atoms with van der Waals surface area (Å²) >= 11 is 1.33. The number of carbonyl (C=O) groups is 1. The van der Waals surface area contributed by atoms with Gasteiger partial charge in [0.2, 0.25) is 0 Å². The number of hydrogen-bond donors (Lipinski definition) is 2. The van der Waals surface area contributed by atoms with Gasteiger partial charge in [0, 0.05) is 36.3 Å². The predicted octanol–water partition coefficient (Wildman–Crippen LogP) is 5.28. The third kappa shape index (κ3) is 5.05. The van der Waals surface area contributed by atoms with Gasteiger partial charge < -0.3 is 10.6 Å². The summed E-state index contributed by atoms with van der Waals surface area (Å²) in [5.41, 5.74) is 5.08. The normalized spacial score (nSPS) is 15.3. The first-order chi connectivity index (χ1) is 17.1. The van der Waals surface area contributed by atoms with Crippen LogP contribution in [0.25, 0.3) is 22.3 Å². The van der Waals surface area contributed by atoms with Crippen LogP contribution in [0.1, 0.15) is 61.9 Å². The van der Waals surface area contributed by atoms with E-state index in [0.717, 1.165) is 40.1 Å². The second kappa shape index (κ2) is 10.5. The summed E-state index contributed by atoms with van der Waals surface area (Å²) in [4.78, 5) is 17.9. The molecule has 0 bridgehead atoms. The maximum Gasteiger partial charge on any atom is 0.255 e. The Morgan fingerprint density at radius 1 is 1.17 bits per heavy atom. The number of pyridine rings is 1. The molecular weight excluding hydrogens is 458 g/mol. The highest BCUT2D eigenvalue weighted by molar-refractivity contribution is 7.03. The van der Waals surface area contributed by atoms with E-state index in [0.29, 0.717) is 18.0 Å². The van der Waals surface area contributed by atoms with E-state index in [1.54, 1.807) is 6.20 Å². The largest absolute Gasteiger partial charge is 0.381 e. The zero-order valence-electron chi connectivity index (χ0n) is 20.2. The molecular formula is C26H31N7OS. The Morgan fingerprint density at radius 2 is 1.97 bits per heavy atom. The van der Waals surface area contributed by atoms with Gasteiger partial charge in [-0.2, -0.15) is 5.10 Å². The van der Waals surface area contributed by atoms with Crippen LogP contribution in [-0.4, -0.2) is 36.3 Å². The minimum absolute atomic E-state index is 0.144. The zero-order valence-corrected chi connectivity index (χ0v) is 21.0. The van der Waals surface area contributed by atoms with E-state index < -0.39 is 0 Å². The molecule has 5 rings (SSSR count). The van der Waals surface area contributed by atoms with Crippen LogP contribution in [0.5, 0.6) is 0 Å². The molecule has 0 aliphatic heterocycles. The van der Waals surface area contributed by atoms with Gasteiger partial charge >= 0.3 is 0 Å². The van der Waals surface area contributed by atoms with Crippen molar-refractivity contribution in [2.45, 2.75) is 65.1 Å². The van der Waals surface area contributed by atoms with Gasteiger partial charge in [-0.05, 0) is 49.7 Å². The van der Waals surface area contributed by atoms with Crippen LogP contribution in [0, 0.1) is 5.92 Å². The second-order valence-electron chi connectivity index (χ2n) is 9.25. The van der Waals surface area contributed by atoms with Crippen molar-refractivity contribution in [3.63, 3.8) is 0 Å². The number of fused-ring (bicyclic) bond motifs is 1. The molecule has 2 N–H and O–H groups in total. The maximum atomic E-state index is 13.3. The lowest BCUT2D eigenvalue weighted by Crippen LogP contribution is -2.30. The summed E-state index contributed by atoms with van der Waals surface area (Å²) in [7, 11) is 0. The Hall–Kier alpha value is -3.33. The van der Waals surface area contributed by atoms with Gasteiger partial charge in [0.1, 0.15) is 5.69 Å².